The van der Waals surface area contributed by atoms with E-state index < -0.39 is 4.92 Å². The van der Waals surface area contributed by atoms with Crippen LogP contribution in [0.15, 0.2) is 22.7 Å². The molecule has 0 saturated carbocycles. The van der Waals surface area contributed by atoms with E-state index in [1.54, 1.807) is 12.1 Å². The maximum absolute atomic E-state index is 10.8. The zero-order valence-corrected chi connectivity index (χ0v) is 13.2. The number of hydrogen-bond acceptors (Lipinski definition) is 5. The monoisotopic (exact) mass is 346 g/mol. The van der Waals surface area contributed by atoms with Gasteiger partial charge in [0.05, 0.1) is 9.40 Å². The van der Waals surface area contributed by atoms with Crippen molar-refractivity contribution in [2.24, 2.45) is 0 Å². The molecule has 0 unspecified atom stereocenters. The predicted octanol–water partition coefficient (Wildman–Crippen LogP) is 2.85. The van der Waals surface area contributed by atoms with Crippen LogP contribution in [-0.4, -0.2) is 31.0 Å². The number of nitrogens with zero attached hydrogens (tertiary/aromatic N) is 1. The molecule has 6 nitrogen and oxygen atoms in total. The van der Waals surface area contributed by atoms with Crippen LogP contribution in [0.2, 0.25) is 0 Å². The van der Waals surface area contributed by atoms with Gasteiger partial charge in [0.15, 0.2) is 6.29 Å². The summed E-state index contributed by atoms with van der Waals surface area (Å²) in [5.74, 6) is 0. The fourth-order valence-corrected chi connectivity index (χ4v) is 2.07. The molecule has 112 valence electrons. The Hall–Kier alpha value is -1.02. The molecular formula is C13H19BrN2O4. The van der Waals surface area contributed by atoms with Crippen molar-refractivity contribution < 1.29 is 14.4 Å². The summed E-state index contributed by atoms with van der Waals surface area (Å²) in [6, 6.07) is 5.06. The molecule has 0 bridgehead atoms. The lowest BCUT2D eigenvalue weighted by molar-refractivity contribution is -0.385. The average Bonchev–Trinajstić information content (AvgIpc) is 2.41. The third-order valence-electron chi connectivity index (χ3n) is 2.55. The fourth-order valence-electron chi connectivity index (χ4n) is 1.68. The Morgan fingerprint density at radius 2 is 2.00 bits per heavy atom. The molecule has 0 amide bonds. The van der Waals surface area contributed by atoms with Crippen LogP contribution in [0.3, 0.4) is 0 Å². The predicted molar refractivity (Wildman–Crippen MR) is 79.5 cm³/mol. The molecule has 0 aromatic heterocycles. The molecule has 0 heterocycles. The molecule has 0 aliphatic carbocycles. The van der Waals surface area contributed by atoms with Gasteiger partial charge in [-0.05, 0) is 41.4 Å². The molecule has 1 aromatic carbocycles. The zero-order chi connectivity index (χ0) is 15.0. The number of ether oxygens (including phenoxy) is 2. The molecule has 0 aliphatic rings. The summed E-state index contributed by atoms with van der Waals surface area (Å²) < 4.78 is 11.3. The van der Waals surface area contributed by atoms with Crippen molar-refractivity contribution in [3.8, 4) is 0 Å². The Labute approximate surface area is 126 Å². The third-order valence-corrected chi connectivity index (χ3v) is 3.22. The van der Waals surface area contributed by atoms with Crippen LogP contribution in [0.4, 0.5) is 5.69 Å². The summed E-state index contributed by atoms with van der Waals surface area (Å²) in [6.07, 6.45) is -0.296. The number of nitro groups is 1. The van der Waals surface area contributed by atoms with E-state index >= 15 is 0 Å². The zero-order valence-electron chi connectivity index (χ0n) is 11.6. The molecule has 1 N–H and O–H groups in total. The molecule has 0 atom stereocenters. The lowest BCUT2D eigenvalue weighted by atomic mass is 10.2. The number of halogens is 1. The van der Waals surface area contributed by atoms with E-state index in [9.17, 15) is 10.1 Å². The SMILES string of the molecule is CCOC(CNCc1ccc(Br)c([N+](=O)[O-])c1)OCC. The Morgan fingerprint density at radius 1 is 1.35 bits per heavy atom. The van der Waals surface area contributed by atoms with Gasteiger partial charge in [-0.2, -0.15) is 0 Å². The van der Waals surface area contributed by atoms with Crippen molar-refractivity contribution in [1.29, 1.82) is 0 Å². The minimum atomic E-state index is -0.406. The minimum absolute atomic E-state index is 0.0652. The van der Waals surface area contributed by atoms with Crippen molar-refractivity contribution in [3.63, 3.8) is 0 Å². The van der Waals surface area contributed by atoms with E-state index in [4.69, 9.17) is 9.47 Å². The highest BCUT2D eigenvalue weighted by Crippen LogP contribution is 2.25. The highest BCUT2D eigenvalue weighted by Gasteiger charge is 2.12. The molecule has 1 rings (SSSR count). The molecule has 1 aromatic rings. The van der Waals surface area contributed by atoms with E-state index in [2.05, 4.69) is 21.2 Å². The van der Waals surface area contributed by atoms with Crippen LogP contribution in [-0.2, 0) is 16.0 Å². The van der Waals surface area contributed by atoms with E-state index in [0.717, 1.165) is 5.56 Å². The Bertz CT molecular complexity index is 436. The van der Waals surface area contributed by atoms with Crippen molar-refractivity contribution in [3.05, 3.63) is 38.3 Å². The molecule has 7 heteroatoms. The summed E-state index contributed by atoms with van der Waals surface area (Å²) in [7, 11) is 0. The largest absolute Gasteiger partial charge is 0.352 e. The van der Waals surface area contributed by atoms with Crippen LogP contribution in [0, 0.1) is 10.1 Å². The second-order valence-corrected chi connectivity index (χ2v) is 4.87. The lowest BCUT2D eigenvalue weighted by Crippen LogP contribution is -2.31. The van der Waals surface area contributed by atoms with Gasteiger partial charge < -0.3 is 14.8 Å². The average molecular weight is 347 g/mol. The van der Waals surface area contributed by atoms with Crippen molar-refractivity contribution >= 4 is 21.6 Å². The third kappa shape index (κ3) is 5.54. The molecule has 0 saturated heterocycles. The Kier molecular flexibility index (Phi) is 7.68. The fraction of sp³-hybridized carbons (Fsp3) is 0.538. The first-order valence-electron chi connectivity index (χ1n) is 6.45. The summed E-state index contributed by atoms with van der Waals surface area (Å²) in [4.78, 5) is 10.4. The molecule has 0 radical (unpaired) electrons. The Morgan fingerprint density at radius 3 is 2.55 bits per heavy atom. The molecular weight excluding hydrogens is 328 g/mol. The Balaban J connectivity index is 2.53. The van der Waals surface area contributed by atoms with Crippen LogP contribution in [0.25, 0.3) is 0 Å². The summed E-state index contributed by atoms with van der Waals surface area (Å²) >= 11 is 3.16. The summed E-state index contributed by atoms with van der Waals surface area (Å²) in [6.45, 7) is 6.02. The second-order valence-electron chi connectivity index (χ2n) is 4.01. The van der Waals surface area contributed by atoms with Crippen LogP contribution < -0.4 is 5.32 Å². The van der Waals surface area contributed by atoms with Crippen molar-refractivity contribution in [1.82, 2.24) is 5.32 Å². The lowest BCUT2D eigenvalue weighted by Gasteiger charge is -2.17. The maximum atomic E-state index is 10.8. The molecule has 0 spiro atoms. The normalized spacial score (nSPS) is 11.0. The molecule has 0 fully saturated rings. The van der Waals surface area contributed by atoms with E-state index in [1.165, 1.54) is 0 Å². The van der Waals surface area contributed by atoms with Gasteiger partial charge in [-0.15, -0.1) is 0 Å². The van der Waals surface area contributed by atoms with Crippen LogP contribution in [0.5, 0.6) is 0 Å². The number of nitro benzene ring substituents is 1. The molecule has 0 aliphatic heterocycles. The highest BCUT2D eigenvalue weighted by atomic mass is 79.9. The first kappa shape index (κ1) is 17.0. The van der Waals surface area contributed by atoms with Gasteiger partial charge in [-0.3, -0.25) is 10.1 Å². The van der Waals surface area contributed by atoms with Gasteiger partial charge in [0.1, 0.15) is 0 Å². The van der Waals surface area contributed by atoms with E-state index in [0.29, 0.717) is 30.8 Å². The second kappa shape index (κ2) is 9.02. The maximum Gasteiger partial charge on any atom is 0.283 e. The van der Waals surface area contributed by atoms with Gasteiger partial charge in [0, 0.05) is 32.4 Å². The number of hydrogen-bond donors (Lipinski definition) is 1. The van der Waals surface area contributed by atoms with Gasteiger partial charge >= 0.3 is 0 Å². The van der Waals surface area contributed by atoms with Crippen LogP contribution >= 0.6 is 15.9 Å². The van der Waals surface area contributed by atoms with Crippen molar-refractivity contribution in [2.45, 2.75) is 26.7 Å². The van der Waals surface area contributed by atoms with Gasteiger partial charge in [0.2, 0.25) is 0 Å². The molecule has 20 heavy (non-hydrogen) atoms. The summed E-state index contributed by atoms with van der Waals surface area (Å²) in [5, 5.41) is 14.0. The summed E-state index contributed by atoms with van der Waals surface area (Å²) in [5.41, 5.74) is 0.905. The first-order valence-corrected chi connectivity index (χ1v) is 7.24. The quantitative estimate of drug-likeness (QED) is 0.422. The van der Waals surface area contributed by atoms with Gasteiger partial charge in [-0.25, -0.2) is 0 Å². The van der Waals surface area contributed by atoms with Crippen LogP contribution in [0.1, 0.15) is 19.4 Å². The van der Waals surface area contributed by atoms with E-state index in [1.807, 2.05) is 19.9 Å². The van der Waals surface area contributed by atoms with Crippen molar-refractivity contribution in [2.75, 3.05) is 19.8 Å². The topological polar surface area (TPSA) is 73.6 Å². The first-order chi connectivity index (χ1) is 9.58. The van der Waals surface area contributed by atoms with Gasteiger partial charge in [0.25, 0.3) is 5.69 Å². The highest BCUT2D eigenvalue weighted by molar-refractivity contribution is 9.10. The number of benzene rings is 1. The van der Waals surface area contributed by atoms with Gasteiger partial charge in [-0.1, -0.05) is 6.07 Å². The number of rotatable bonds is 9. The smallest absolute Gasteiger partial charge is 0.283 e. The minimum Gasteiger partial charge on any atom is -0.352 e. The standard InChI is InChI=1S/C13H19BrN2O4/c1-3-19-13(20-4-2)9-15-8-10-5-6-11(14)12(7-10)16(17)18/h5-7,13,15H,3-4,8-9H2,1-2H3. The number of nitrogens with one attached hydrogen (secondary N) is 1. The van der Waals surface area contributed by atoms with E-state index in [-0.39, 0.29) is 12.0 Å².